The van der Waals surface area contributed by atoms with Crippen molar-refractivity contribution in [2.24, 2.45) is 0 Å². The van der Waals surface area contributed by atoms with Gasteiger partial charge in [0.15, 0.2) is 0 Å². The van der Waals surface area contributed by atoms with Crippen molar-refractivity contribution in [3.63, 3.8) is 0 Å². The maximum absolute atomic E-state index is 12.8. The fraction of sp³-hybridized carbons (Fsp3) is 0.273. The number of aryl methyl sites for hydroxylation is 1. The number of carbonyl (C=O) groups is 1. The van der Waals surface area contributed by atoms with E-state index in [1.165, 1.54) is 19.1 Å². The summed E-state index contributed by atoms with van der Waals surface area (Å²) in [6, 6.07) is 4.41. The van der Waals surface area contributed by atoms with Gasteiger partial charge in [0.25, 0.3) is 6.43 Å². The lowest BCUT2D eigenvalue weighted by Gasteiger charge is -2.11. The number of ether oxygens (including phenoxy) is 1. The van der Waals surface area contributed by atoms with E-state index >= 15 is 0 Å². The highest BCUT2D eigenvalue weighted by Gasteiger charge is 2.24. The van der Waals surface area contributed by atoms with E-state index in [2.05, 4.69) is 4.74 Å². The molecule has 0 aliphatic heterocycles. The number of esters is 1. The van der Waals surface area contributed by atoms with Crippen molar-refractivity contribution < 1.29 is 18.3 Å². The van der Waals surface area contributed by atoms with E-state index in [1.54, 1.807) is 6.07 Å². The number of carbonyl (C=O) groups excluding carboxylic acids is 1. The van der Waals surface area contributed by atoms with Gasteiger partial charge in [-0.3, -0.25) is 0 Å². The molecular formula is C11H9F2NO2. The van der Waals surface area contributed by atoms with Crippen LogP contribution in [0.25, 0.3) is 0 Å². The number of hydrogen-bond donors (Lipinski definition) is 0. The van der Waals surface area contributed by atoms with E-state index < -0.39 is 18.0 Å². The van der Waals surface area contributed by atoms with Crippen molar-refractivity contribution in [2.75, 3.05) is 7.11 Å². The summed E-state index contributed by atoms with van der Waals surface area (Å²) in [5.74, 6) is -0.921. The summed E-state index contributed by atoms with van der Waals surface area (Å²) >= 11 is 0. The summed E-state index contributed by atoms with van der Waals surface area (Å²) in [5.41, 5.74) is -0.631. The molecule has 0 aromatic heterocycles. The van der Waals surface area contributed by atoms with Crippen molar-refractivity contribution in [3.05, 3.63) is 34.4 Å². The highest BCUT2D eigenvalue weighted by atomic mass is 19.3. The molecule has 0 fully saturated rings. The first-order valence-electron chi connectivity index (χ1n) is 4.43. The van der Waals surface area contributed by atoms with E-state index in [-0.39, 0.29) is 16.7 Å². The summed E-state index contributed by atoms with van der Waals surface area (Å²) in [7, 11) is 1.08. The Balaban J connectivity index is 3.57. The quantitative estimate of drug-likeness (QED) is 0.727. The van der Waals surface area contributed by atoms with Gasteiger partial charge in [0.05, 0.1) is 18.2 Å². The monoisotopic (exact) mass is 225 g/mol. The maximum atomic E-state index is 12.8. The van der Waals surface area contributed by atoms with Crippen LogP contribution in [0.5, 0.6) is 0 Å². The third-order valence-electron chi connectivity index (χ3n) is 2.19. The minimum atomic E-state index is -2.82. The van der Waals surface area contributed by atoms with Gasteiger partial charge in [-0.1, -0.05) is 6.07 Å². The summed E-state index contributed by atoms with van der Waals surface area (Å²) < 4.78 is 30.0. The van der Waals surface area contributed by atoms with Crippen LogP contribution in [-0.2, 0) is 4.74 Å². The molecule has 0 heterocycles. The second kappa shape index (κ2) is 4.71. The minimum Gasteiger partial charge on any atom is -0.465 e. The van der Waals surface area contributed by atoms with Crippen LogP contribution in [0.4, 0.5) is 8.78 Å². The van der Waals surface area contributed by atoms with Crippen LogP contribution in [0.3, 0.4) is 0 Å². The van der Waals surface area contributed by atoms with Crippen molar-refractivity contribution in [1.82, 2.24) is 0 Å². The molecule has 1 rings (SSSR count). The molecule has 1 aromatic rings. The van der Waals surface area contributed by atoms with Crippen LogP contribution in [0.2, 0.25) is 0 Å². The number of nitrogens with zero attached hydrogens (tertiary/aromatic N) is 1. The number of alkyl halides is 2. The van der Waals surface area contributed by atoms with Gasteiger partial charge < -0.3 is 4.74 Å². The highest BCUT2D eigenvalue weighted by molar-refractivity contribution is 5.94. The number of benzene rings is 1. The number of hydrogen-bond acceptors (Lipinski definition) is 3. The van der Waals surface area contributed by atoms with Crippen molar-refractivity contribution >= 4 is 5.97 Å². The Morgan fingerprint density at radius 2 is 2.12 bits per heavy atom. The largest absolute Gasteiger partial charge is 0.465 e. The fourth-order valence-corrected chi connectivity index (χ4v) is 1.42. The van der Waals surface area contributed by atoms with E-state index in [1.807, 2.05) is 0 Å². The van der Waals surface area contributed by atoms with Gasteiger partial charge in [0, 0.05) is 5.56 Å². The predicted molar refractivity (Wildman–Crippen MR) is 52.2 cm³/mol. The van der Waals surface area contributed by atoms with Crippen molar-refractivity contribution in [3.8, 4) is 6.07 Å². The third kappa shape index (κ3) is 2.01. The molecule has 0 unspecified atom stereocenters. The van der Waals surface area contributed by atoms with Gasteiger partial charge in [-0.2, -0.15) is 5.26 Å². The highest BCUT2D eigenvalue weighted by Crippen LogP contribution is 2.29. The molecule has 1 aromatic carbocycles. The Hall–Kier alpha value is -1.96. The van der Waals surface area contributed by atoms with Gasteiger partial charge >= 0.3 is 5.97 Å². The number of nitriles is 1. The van der Waals surface area contributed by atoms with Crippen LogP contribution >= 0.6 is 0 Å². The molecule has 0 bridgehead atoms. The maximum Gasteiger partial charge on any atom is 0.339 e. The van der Waals surface area contributed by atoms with Gasteiger partial charge in [0.2, 0.25) is 0 Å². The average molecular weight is 225 g/mol. The summed E-state index contributed by atoms with van der Waals surface area (Å²) in [6.07, 6.45) is -2.82. The Morgan fingerprint density at radius 1 is 1.50 bits per heavy atom. The van der Waals surface area contributed by atoms with Crippen LogP contribution in [0.1, 0.15) is 33.5 Å². The molecule has 0 amide bonds. The fourth-order valence-electron chi connectivity index (χ4n) is 1.42. The molecular weight excluding hydrogens is 216 g/mol. The van der Waals surface area contributed by atoms with E-state index in [0.29, 0.717) is 0 Å². The molecule has 3 nitrogen and oxygen atoms in total. The first-order chi connectivity index (χ1) is 7.52. The van der Waals surface area contributed by atoms with E-state index in [0.717, 1.165) is 7.11 Å². The van der Waals surface area contributed by atoms with Gasteiger partial charge in [-0.25, -0.2) is 13.6 Å². The topological polar surface area (TPSA) is 50.1 Å². The normalized spacial score (nSPS) is 10.0. The Labute approximate surface area is 91.3 Å². The minimum absolute atomic E-state index is 0.104. The number of halogens is 2. The number of methoxy groups -OCH3 is 1. The molecule has 0 saturated carbocycles. The van der Waals surface area contributed by atoms with Crippen LogP contribution in [-0.4, -0.2) is 13.1 Å². The second-order valence-electron chi connectivity index (χ2n) is 3.12. The van der Waals surface area contributed by atoms with Gasteiger partial charge in [0.1, 0.15) is 6.07 Å². The van der Waals surface area contributed by atoms with Gasteiger partial charge in [-0.15, -0.1) is 0 Å². The molecule has 16 heavy (non-hydrogen) atoms. The van der Waals surface area contributed by atoms with Gasteiger partial charge in [-0.05, 0) is 18.6 Å². The first kappa shape index (κ1) is 12.1. The van der Waals surface area contributed by atoms with Crippen LogP contribution < -0.4 is 0 Å². The first-order valence-corrected chi connectivity index (χ1v) is 4.43. The van der Waals surface area contributed by atoms with E-state index in [4.69, 9.17) is 5.26 Å². The predicted octanol–water partition coefficient (Wildman–Crippen LogP) is 2.59. The molecule has 84 valence electrons. The lowest BCUT2D eigenvalue weighted by molar-refractivity contribution is 0.0588. The lowest BCUT2D eigenvalue weighted by atomic mass is 9.97. The molecule has 0 atom stereocenters. The molecule has 0 radical (unpaired) electrons. The molecule has 0 aliphatic carbocycles. The Morgan fingerprint density at radius 3 is 2.56 bits per heavy atom. The average Bonchev–Trinajstić information content (AvgIpc) is 2.27. The number of rotatable bonds is 2. The summed E-state index contributed by atoms with van der Waals surface area (Å²) in [5, 5.41) is 8.76. The van der Waals surface area contributed by atoms with Crippen LogP contribution in [0.15, 0.2) is 12.1 Å². The van der Waals surface area contributed by atoms with Crippen molar-refractivity contribution in [2.45, 2.75) is 13.3 Å². The Bertz CT molecular complexity index is 464. The molecule has 0 N–H and O–H groups in total. The lowest BCUT2D eigenvalue weighted by Crippen LogP contribution is -2.10. The van der Waals surface area contributed by atoms with Crippen molar-refractivity contribution in [1.29, 1.82) is 5.26 Å². The third-order valence-corrected chi connectivity index (χ3v) is 2.19. The molecule has 5 heteroatoms. The zero-order chi connectivity index (χ0) is 12.3. The standard InChI is InChI=1S/C11H9F2NO2/c1-6-3-4-7(5-14)9(11(15)16-2)8(6)10(12)13/h3-4,10H,1-2H3. The zero-order valence-corrected chi connectivity index (χ0v) is 8.75. The molecule has 0 saturated heterocycles. The van der Waals surface area contributed by atoms with Crippen LogP contribution in [0, 0.1) is 18.3 Å². The smallest absolute Gasteiger partial charge is 0.339 e. The second-order valence-corrected chi connectivity index (χ2v) is 3.12. The molecule has 0 spiro atoms. The van der Waals surface area contributed by atoms with E-state index in [9.17, 15) is 13.6 Å². The summed E-state index contributed by atoms with van der Waals surface area (Å²) in [4.78, 5) is 11.4. The Kier molecular flexibility index (Phi) is 3.56. The zero-order valence-electron chi connectivity index (χ0n) is 8.75. The SMILES string of the molecule is COC(=O)c1c(C#N)ccc(C)c1C(F)F. The summed E-state index contributed by atoms with van der Waals surface area (Å²) in [6.45, 7) is 1.45. The molecule has 0 aliphatic rings.